The summed E-state index contributed by atoms with van der Waals surface area (Å²) in [5, 5.41) is 10.3. The molecule has 0 fully saturated rings. The first kappa shape index (κ1) is 12.2. The Morgan fingerprint density at radius 2 is 1.84 bits per heavy atom. The lowest BCUT2D eigenvalue weighted by atomic mass is 9.98. The maximum absolute atomic E-state index is 10.3. The molecule has 0 radical (unpaired) electrons. The fourth-order valence-electron chi connectivity index (χ4n) is 2.68. The molecule has 2 atom stereocenters. The first-order valence-corrected chi connectivity index (χ1v) is 6.84. The molecular weight excluding hydrogens is 236 g/mol. The van der Waals surface area contributed by atoms with Crippen molar-refractivity contribution in [3.8, 4) is 16.9 Å². The molecule has 2 heteroatoms. The molecule has 2 nitrogen and oxygen atoms in total. The number of para-hydroxylation sites is 1. The van der Waals surface area contributed by atoms with Gasteiger partial charge in [-0.05, 0) is 12.0 Å². The molecule has 0 spiro atoms. The van der Waals surface area contributed by atoms with Crippen molar-refractivity contribution in [3.05, 3.63) is 54.1 Å². The molecule has 2 aromatic carbocycles. The SMILES string of the molecule is CCCC1Oc2c(-c3ccccc3)cccc2C1O. The van der Waals surface area contributed by atoms with Gasteiger partial charge < -0.3 is 9.84 Å². The monoisotopic (exact) mass is 254 g/mol. The topological polar surface area (TPSA) is 29.5 Å². The fourth-order valence-corrected chi connectivity index (χ4v) is 2.68. The van der Waals surface area contributed by atoms with Crippen LogP contribution in [-0.4, -0.2) is 11.2 Å². The molecule has 0 aliphatic carbocycles. The summed E-state index contributed by atoms with van der Waals surface area (Å²) in [6.45, 7) is 2.11. The Morgan fingerprint density at radius 1 is 1.05 bits per heavy atom. The zero-order valence-electron chi connectivity index (χ0n) is 11.0. The van der Waals surface area contributed by atoms with Crippen LogP contribution in [0.3, 0.4) is 0 Å². The maximum Gasteiger partial charge on any atom is 0.133 e. The number of aliphatic hydroxyl groups is 1. The highest BCUT2D eigenvalue weighted by Gasteiger charge is 2.33. The molecule has 98 valence electrons. The Balaban J connectivity index is 2.03. The minimum Gasteiger partial charge on any atom is -0.486 e. The van der Waals surface area contributed by atoms with Gasteiger partial charge in [0.2, 0.25) is 0 Å². The van der Waals surface area contributed by atoms with E-state index < -0.39 is 6.10 Å². The van der Waals surface area contributed by atoms with E-state index in [-0.39, 0.29) is 6.10 Å². The predicted octanol–water partition coefficient (Wildman–Crippen LogP) is 3.95. The lowest BCUT2D eigenvalue weighted by molar-refractivity contribution is 0.0618. The van der Waals surface area contributed by atoms with E-state index in [0.717, 1.165) is 35.3 Å². The Morgan fingerprint density at radius 3 is 2.58 bits per heavy atom. The van der Waals surface area contributed by atoms with E-state index in [1.807, 2.05) is 30.3 Å². The van der Waals surface area contributed by atoms with Crippen LogP contribution in [0, 0.1) is 0 Å². The number of hydrogen-bond acceptors (Lipinski definition) is 2. The summed E-state index contributed by atoms with van der Waals surface area (Å²) in [5.41, 5.74) is 3.11. The normalized spacial score (nSPS) is 20.9. The van der Waals surface area contributed by atoms with Crippen LogP contribution >= 0.6 is 0 Å². The van der Waals surface area contributed by atoms with Crippen molar-refractivity contribution >= 4 is 0 Å². The zero-order chi connectivity index (χ0) is 13.2. The standard InChI is InChI=1S/C17H18O2/c1-2-7-15-16(18)14-11-6-10-13(17(14)19-15)12-8-4-3-5-9-12/h3-6,8-11,15-16,18H,2,7H2,1H3. The van der Waals surface area contributed by atoms with E-state index >= 15 is 0 Å². The van der Waals surface area contributed by atoms with Crippen molar-refractivity contribution in [1.82, 2.24) is 0 Å². The average molecular weight is 254 g/mol. The summed E-state index contributed by atoms with van der Waals surface area (Å²) < 4.78 is 6.00. The van der Waals surface area contributed by atoms with E-state index in [1.54, 1.807) is 0 Å². The second-order valence-corrected chi connectivity index (χ2v) is 4.98. The average Bonchev–Trinajstić information content (AvgIpc) is 2.77. The van der Waals surface area contributed by atoms with Gasteiger partial charge >= 0.3 is 0 Å². The third-order valence-corrected chi connectivity index (χ3v) is 3.64. The molecule has 1 N–H and O–H groups in total. The van der Waals surface area contributed by atoms with Gasteiger partial charge in [-0.2, -0.15) is 0 Å². The molecule has 1 aliphatic rings. The zero-order valence-corrected chi connectivity index (χ0v) is 11.0. The summed E-state index contributed by atoms with van der Waals surface area (Å²) >= 11 is 0. The van der Waals surface area contributed by atoms with Gasteiger partial charge in [0.15, 0.2) is 0 Å². The molecule has 0 aromatic heterocycles. The van der Waals surface area contributed by atoms with Crippen molar-refractivity contribution in [2.24, 2.45) is 0 Å². The molecule has 1 heterocycles. The number of fused-ring (bicyclic) bond motifs is 1. The first-order chi connectivity index (χ1) is 9.31. The maximum atomic E-state index is 10.3. The second-order valence-electron chi connectivity index (χ2n) is 4.98. The van der Waals surface area contributed by atoms with E-state index in [1.165, 1.54) is 0 Å². The van der Waals surface area contributed by atoms with Crippen molar-refractivity contribution in [3.63, 3.8) is 0 Å². The number of aliphatic hydroxyl groups excluding tert-OH is 1. The molecule has 0 bridgehead atoms. The fraction of sp³-hybridized carbons (Fsp3) is 0.294. The quantitative estimate of drug-likeness (QED) is 0.898. The van der Waals surface area contributed by atoms with Gasteiger partial charge in [0.1, 0.15) is 18.0 Å². The van der Waals surface area contributed by atoms with E-state index in [4.69, 9.17) is 4.74 Å². The molecule has 0 saturated heterocycles. The van der Waals surface area contributed by atoms with Crippen LogP contribution in [0.5, 0.6) is 5.75 Å². The lowest BCUT2D eigenvalue weighted by Crippen LogP contribution is -2.17. The highest BCUT2D eigenvalue weighted by molar-refractivity contribution is 5.73. The number of rotatable bonds is 3. The minimum absolute atomic E-state index is 0.107. The van der Waals surface area contributed by atoms with Crippen LogP contribution in [0.1, 0.15) is 31.4 Å². The molecule has 19 heavy (non-hydrogen) atoms. The number of ether oxygens (including phenoxy) is 1. The lowest BCUT2D eigenvalue weighted by Gasteiger charge is -2.13. The largest absolute Gasteiger partial charge is 0.486 e. The summed E-state index contributed by atoms with van der Waals surface area (Å²) in [6, 6.07) is 16.2. The Labute approximate surface area is 113 Å². The van der Waals surface area contributed by atoms with Crippen molar-refractivity contribution < 1.29 is 9.84 Å². The van der Waals surface area contributed by atoms with E-state index in [9.17, 15) is 5.11 Å². The van der Waals surface area contributed by atoms with Gasteiger partial charge in [-0.25, -0.2) is 0 Å². The first-order valence-electron chi connectivity index (χ1n) is 6.84. The summed E-state index contributed by atoms with van der Waals surface area (Å²) in [5.74, 6) is 0.847. The molecule has 2 unspecified atom stereocenters. The highest BCUT2D eigenvalue weighted by Crippen LogP contribution is 2.44. The second kappa shape index (κ2) is 5.06. The third kappa shape index (κ3) is 2.13. The van der Waals surface area contributed by atoms with Gasteiger partial charge in [0.25, 0.3) is 0 Å². The van der Waals surface area contributed by atoms with Crippen LogP contribution in [0.4, 0.5) is 0 Å². The van der Waals surface area contributed by atoms with Crippen LogP contribution in [0.2, 0.25) is 0 Å². The molecular formula is C17H18O2. The molecule has 3 rings (SSSR count). The Kier molecular flexibility index (Phi) is 3.26. The molecule has 0 amide bonds. The Hall–Kier alpha value is -1.80. The van der Waals surface area contributed by atoms with Crippen molar-refractivity contribution in [2.45, 2.75) is 32.0 Å². The van der Waals surface area contributed by atoms with Crippen LogP contribution < -0.4 is 4.74 Å². The van der Waals surface area contributed by atoms with Crippen LogP contribution in [0.15, 0.2) is 48.5 Å². The molecule has 2 aromatic rings. The minimum atomic E-state index is -0.501. The Bertz CT molecular complexity index is 563. The number of hydrogen-bond donors (Lipinski definition) is 1. The molecule has 1 aliphatic heterocycles. The summed E-state index contributed by atoms with van der Waals surface area (Å²) in [7, 11) is 0. The molecule has 0 saturated carbocycles. The predicted molar refractivity (Wildman–Crippen MR) is 76.2 cm³/mol. The van der Waals surface area contributed by atoms with E-state index in [0.29, 0.717) is 0 Å². The van der Waals surface area contributed by atoms with Crippen molar-refractivity contribution in [2.75, 3.05) is 0 Å². The van der Waals surface area contributed by atoms with Crippen molar-refractivity contribution in [1.29, 1.82) is 0 Å². The summed E-state index contributed by atoms with van der Waals surface area (Å²) in [4.78, 5) is 0. The third-order valence-electron chi connectivity index (χ3n) is 3.64. The van der Waals surface area contributed by atoms with Gasteiger partial charge in [-0.1, -0.05) is 61.9 Å². The van der Waals surface area contributed by atoms with Gasteiger partial charge in [-0.15, -0.1) is 0 Å². The van der Waals surface area contributed by atoms with E-state index in [2.05, 4.69) is 25.1 Å². The highest BCUT2D eigenvalue weighted by atomic mass is 16.5. The summed E-state index contributed by atoms with van der Waals surface area (Å²) in [6.07, 6.45) is 1.28. The van der Waals surface area contributed by atoms with Gasteiger partial charge in [-0.3, -0.25) is 0 Å². The van der Waals surface area contributed by atoms with Crippen LogP contribution in [0.25, 0.3) is 11.1 Å². The van der Waals surface area contributed by atoms with Gasteiger partial charge in [0, 0.05) is 11.1 Å². The van der Waals surface area contributed by atoms with Crippen LogP contribution in [-0.2, 0) is 0 Å². The van der Waals surface area contributed by atoms with Gasteiger partial charge in [0.05, 0.1) is 0 Å². The smallest absolute Gasteiger partial charge is 0.133 e. The number of benzene rings is 2.